The fourth-order valence-electron chi connectivity index (χ4n) is 4.21. The minimum absolute atomic E-state index is 0.0503. The van der Waals surface area contributed by atoms with Gasteiger partial charge in [0.25, 0.3) is 5.91 Å². The number of alkyl halides is 1. The number of aromatic nitrogens is 3. The highest BCUT2D eigenvalue weighted by atomic mass is 19.1. The monoisotopic (exact) mass is 481 g/mol. The number of primary amides is 1. The van der Waals surface area contributed by atoms with Gasteiger partial charge in [0.1, 0.15) is 23.5 Å². The number of nitrogens with one attached hydrogen (secondary N) is 1. The Bertz CT molecular complexity index is 1240. The zero-order chi connectivity index (χ0) is 25.0. The van der Waals surface area contributed by atoms with E-state index in [1.807, 2.05) is 35.2 Å². The Morgan fingerprint density at radius 2 is 2.17 bits per heavy atom. The molecule has 12 heteroatoms. The number of methoxy groups -OCH3 is 1. The van der Waals surface area contributed by atoms with Gasteiger partial charge in [-0.25, -0.2) is 14.2 Å². The molecule has 2 atom stereocenters. The van der Waals surface area contributed by atoms with Gasteiger partial charge in [0.05, 0.1) is 25.8 Å². The molecule has 1 aliphatic rings. The van der Waals surface area contributed by atoms with E-state index in [-0.39, 0.29) is 30.8 Å². The number of carbonyl (C=O) groups excluding carboxylic acids is 2. The van der Waals surface area contributed by atoms with Crippen molar-refractivity contribution in [1.82, 2.24) is 19.7 Å². The van der Waals surface area contributed by atoms with Gasteiger partial charge in [-0.05, 0) is 24.1 Å². The number of halogens is 1. The summed E-state index contributed by atoms with van der Waals surface area (Å²) in [6.45, 7) is 1.04. The number of anilines is 1. The molecule has 1 fully saturated rings. The lowest BCUT2D eigenvalue weighted by atomic mass is 9.83. The third kappa shape index (κ3) is 4.85. The van der Waals surface area contributed by atoms with Gasteiger partial charge in [-0.3, -0.25) is 19.7 Å². The number of likely N-dealkylation sites (tertiary alicyclic amines) is 1. The Hall–Kier alpha value is -4.24. The van der Waals surface area contributed by atoms with Crippen LogP contribution < -0.4 is 11.1 Å². The van der Waals surface area contributed by atoms with Crippen LogP contribution in [0.5, 0.6) is 0 Å². The van der Waals surface area contributed by atoms with Crippen LogP contribution in [0.15, 0.2) is 47.3 Å². The second-order valence-corrected chi connectivity index (χ2v) is 8.24. The molecular formula is C23H24FN7O4. The molecule has 0 aliphatic carbocycles. The average molecular weight is 481 g/mol. The molecule has 11 nitrogen and oxygen atoms in total. The molecule has 0 radical (unpaired) electrons. The van der Waals surface area contributed by atoms with Gasteiger partial charge in [0, 0.05) is 31.4 Å². The molecule has 2 aromatic heterocycles. The normalized spacial score (nSPS) is 20.2. The Morgan fingerprint density at radius 3 is 2.77 bits per heavy atom. The predicted octanol–water partition coefficient (Wildman–Crippen LogP) is 2.67. The van der Waals surface area contributed by atoms with Gasteiger partial charge >= 0.3 is 6.09 Å². The van der Waals surface area contributed by atoms with Crippen LogP contribution >= 0.6 is 0 Å². The van der Waals surface area contributed by atoms with Crippen LogP contribution in [0.25, 0.3) is 11.5 Å². The van der Waals surface area contributed by atoms with E-state index in [2.05, 4.69) is 20.1 Å². The fraction of sp³-hybridized carbons (Fsp3) is 0.348. The van der Waals surface area contributed by atoms with Crippen LogP contribution in [0.1, 0.15) is 28.8 Å². The summed E-state index contributed by atoms with van der Waals surface area (Å²) in [5.41, 5.74) is 5.82. The van der Waals surface area contributed by atoms with Gasteiger partial charge < -0.3 is 14.9 Å². The Balaban J connectivity index is 1.52. The van der Waals surface area contributed by atoms with Gasteiger partial charge in [-0.2, -0.15) is 10.4 Å². The minimum atomic E-state index is -1.48. The van der Waals surface area contributed by atoms with Crippen molar-refractivity contribution in [3.63, 3.8) is 0 Å². The lowest BCUT2D eigenvalue weighted by molar-refractivity contribution is 0.00694. The number of carbonyl (C=O) groups is 2. The van der Waals surface area contributed by atoms with Gasteiger partial charge in [-0.15, -0.1) is 0 Å². The maximum Gasteiger partial charge on any atom is 0.412 e. The highest BCUT2D eigenvalue weighted by Crippen LogP contribution is 2.37. The summed E-state index contributed by atoms with van der Waals surface area (Å²) in [6.07, 6.45) is 2.10. The van der Waals surface area contributed by atoms with Crippen molar-refractivity contribution in [3.8, 4) is 17.5 Å². The smallest absolute Gasteiger partial charge is 0.412 e. The highest BCUT2D eigenvalue weighted by molar-refractivity contribution is 6.00. The molecular weight excluding hydrogens is 457 g/mol. The first-order valence-electron chi connectivity index (χ1n) is 10.8. The van der Waals surface area contributed by atoms with Crippen molar-refractivity contribution >= 4 is 17.8 Å². The molecule has 182 valence electrons. The van der Waals surface area contributed by atoms with Crippen molar-refractivity contribution < 1.29 is 23.1 Å². The molecule has 1 aromatic carbocycles. The van der Waals surface area contributed by atoms with Crippen LogP contribution in [0.2, 0.25) is 0 Å². The summed E-state index contributed by atoms with van der Waals surface area (Å²) in [5.74, 6) is -0.478. The number of nitrogens with two attached hydrogens (primary N) is 1. The SMILES string of the molecule is COC(=O)Nc1nn(C2(CC#N)CCN(Cc3ccc(-c4ncco4)cc3)CC2F)cc1C(N)=O. The second kappa shape index (κ2) is 9.94. The second-order valence-electron chi connectivity index (χ2n) is 8.24. The molecule has 0 bridgehead atoms. The first kappa shape index (κ1) is 23.9. The van der Waals surface area contributed by atoms with Crippen LogP contribution in [0.4, 0.5) is 15.0 Å². The van der Waals surface area contributed by atoms with Crippen molar-refractivity contribution in [3.05, 3.63) is 54.0 Å². The summed E-state index contributed by atoms with van der Waals surface area (Å²) in [6, 6.07) is 9.69. The first-order chi connectivity index (χ1) is 16.9. The number of hydrogen-bond donors (Lipinski definition) is 2. The molecule has 0 spiro atoms. The third-order valence-electron chi connectivity index (χ3n) is 6.13. The van der Waals surface area contributed by atoms with E-state index >= 15 is 4.39 Å². The average Bonchev–Trinajstić information content (AvgIpc) is 3.52. The van der Waals surface area contributed by atoms with Crippen molar-refractivity contribution in [2.24, 2.45) is 5.73 Å². The predicted molar refractivity (Wildman–Crippen MR) is 122 cm³/mol. The molecule has 35 heavy (non-hydrogen) atoms. The quantitative estimate of drug-likeness (QED) is 0.522. The first-order valence-corrected chi connectivity index (χ1v) is 10.8. The van der Waals surface area contributed by atoms with Gasteiger partial charge in [0.15, 0.2) is 5.82 Å². The largest absolute Gasteiger partial charge is 0.453 e. The molecule has 3 heterocycles. The lowest BCUT2D eigenvalue weighted by Crippen LogP contribution is -2.54. The number of hydrogen-bond acceptors (Lipinski definition) is 8. The third-order valence-corrected chi connectivity index (χ3v) is 6.13. The van der Waals surface area contributed by atoms with Crippen molar-refractivity contribution in [2.45, 2.75) is 31.1 Å². The molecule has 0 saturated carbocycles. The van der Waals surface area contributed by atoms with E-state index in [0.717, 1.165) is 18.2 Å². The maximum atomic E-state index is 15.7. The topological polar surface area (TPSA) is 152 Å². The summed E-state index contributed by atoms with van der Waals surface area (Å²) >= 11 is 0. The van der Waals surface area contributed by atoms with Crippen LogP contribution in [-0.2, 0) is 16.8 Å². The maximum absolute atomic E-state index is 15.7. The zero-order valence-corrected chi connectivity index (χ0v) is 19.0. The van der Waals surface area contributed by atoms with E-state index in [1.165, 1.54) is 17.1 Å². The number of nitrogens with zero attached hydrogens (tertiary/aromatic N) is 5. The van der Waals surface area contributed by atoms with Gasteiger partial charge in [-0.1, -0.05) is 12.1 Å². The summed E-state index contributed by atoms with van der Waals surface area (Å²) in [5, 5.41) is 16.0. The van der Waals surface area contributed by atoms with Crippen LogP contribution in [-0.4, -0.2) is 58.0 Å². The Kier molecular flexibility index (Phi) is 6.79. The van der Waals surface area contributed by atoms with E-state index in [4.69, 9.17) is 10.2 Å². The zero-order valence-electron chi connectivity index (χ0n) is 19.0. The fourth-order valence-corrected chi connectivity index (χ4v) is 4.21. The number of nitriles is 1. The van der Waals surface area contributed by atoms with Crippen molar-refractivity contribution in [1.29, 1.82) is 5.26 Å². The van der Waals surface area contributed by atoms with E-state index in [1.54, 1.807) is 6.20 Å². The molecule has 3 aromatic rings. The summed E-state index contributed by atoms with van der Waals surface area (Å²) in [4.78, 5) is 29.6. The van der Waals surface area contributed by atoms with Gasteiger partial charge in [0.2, 0.25) is 5.89 Å². The summed E-state index contributed by atoms with van der Waals surface area (Å²) < 4.78 is 26.8. The molecule has 2 unspecified atom stereocenters. The number of ether oxygens (including phenoxy) is 1. The van der Waals surface area contributed by atoms with Crippen molar-refractivity contribution in [2.75, 3.05) is 25.5 Å². The number of benzene rings is 1. The van der Waals surface area contributed by atoms with E-state index in [9.17, 15) is 14.9 Å². The van der Waals surface area contributed by atoms with E-state index < -0.39 is 23.7 Å². The number of rotatable bonds is 7. The Morgan fingerprint density at radius 1 is 1.40 bits per heavy atom. The Labute approximate surface area is 200 Å². The highest BCUT2D eigenvalue weighted by Gasteiger charge is 2.46. The summed E-state index contributed by atoms with van der Waals surface area (Å²) in [7, 11) is 1.15. The van der Waals surface area contributed by atoms with E-state index in [0.29, 0.717) is 19.0 Å². The standard InChI is InChI=1S/C23H24FN7O4/c1-34-22(33)28-20-17(19(26)32)13-31(29-20)23(6-8-25)7-10-30(14-18(23)24)12-15-2-4-16(5-3-15)21-27-9-11-35-21/h2-5,9,11,13,18H,6-7,10,12,14H2,1H3,(H2,26,32)(H,28,29,33). The number of oxazole rings is 1. The molecule has 2 amide bonds. The minimum Gasteiger partial charge on any atom is -0.453 e. The lowest BCUT2D eigenvalue weighted by Gasteiger charge is -2.43. The molecule has 3 N–H and O–H groups in total. The van der Waals surface area contributed by atoms with Crippen LogP contribution in [0, 0.1) is 11.3 Å². The molecule has 1 saturated heterocycles. The number of amides is 2. The van der Waals surface area contributed by atoms with Crippen LogP contribution in [0.3, 0.4) is 0 Å². The number of piperidine rings is 1. The molecule has 1 aliphatic heterocycles. The molecule has 4 rings (SSSR count).